The highest BCUT2D eigenvalue weighted by Crippen LogP contribution is 2.46. The smallest absolute Gasteiger partial charge is 0.167 e. The lowest BCUT2D eigenvalue weighted by Gasteiger charge is -2.36. The van der Waals surface area contributed by atoms with Crippen LogP contribution in [-0.4, -0.2) is 57.3 Å². The molecule has 0 aliphatic carbocycles. The standard InChI is InChI=1S/C17H28N5O3Si/c1-15(2,3)24-11-7-17(26(5)6,25-16(11,4)8-23)22-10-21-12-13(18)19-9-20-14(12)22/h9-11,23H,7-8H2,1-6H3,(H2,18,19,20)/t11-,16+,17-/m0/s1. The van der Waals surface area contributed by atoms with E-state index in [1.165, 1.54) is 6.33 Å². The molecule has 3 N–H and O–H groups in total. The summed E-state index contributed by atoms with van der Waals surface area (Å²) in [6.07, 6.45) is 3.50. The summed E-state index contributed by atoms with van der Waals surface area (Å²) in [6.45, 7) is 12.2. The van der Waals surface area contributed by atoms with Crippen molar-refractivity contribution in [2.75, 3.05) is 12.3 Å². The first kappa shape index (κ1) is 19.2. The Balaban J connectivity index is 2.13. The molecule has 1 aliphatic rings. The van der Waals surface area contributed by atoms with Crippen LogP contribution in [0.4, 0.5) is 5.82 Å². The molecule has 26 heavy (non-hydrogen) atoms. The lowest BCUT2D eigenvalue weighted by atomic mass is 9.99. The SMILES string of the molecule is C[Si](C)[C@]1(n2cnc3c(N)ncnc32)C[C@H](OC(C)(C)C)[C@@](C)(CO)O1. The Bertz CT molecular complexity index is 805. The zero-order valence-electron chi connectivity index (χ0n) is 16.3. The summed E-state index contributed by atoms with van der Waals surface area (Å²) in [4.78, 5) is 12.8. The third kappa shape index (κ3) is 3.02. The summed E-state index contributed by atoms with van der Waals surface area (Å²) >= 11 is 0. The van der Waals surface area contributed by atoms with Crippen LogP contribution in [0.2, 0.25) is 13.1 Å². The van der Waals surface area contributed by atoms with E-state index >= 15 is 0 Å². The van der Waals surface area contributed by atoms with E-state index in [1.54, 1.807) is 6.33 Å². The van der Waals surface area contributed by atoms with Gasteiger partial charge in [-0.1, -0.05) is 13.1 Å². The largest absolute Gasteiger partial charge is 0.393 e. The minimum Gasteiger partial charge on any atom is -0.393 e. The second-order valence-electron chi connectivity index (χ2n) is 8.33. The second-order valence-corrected chi connectivity index (χ2v) is 11.1. The van der Waals surface area contributed by atoms with Gasteiger partial charge in [-0.25, -0.2) is 15.0 Å². The van der Waals surface area contributed by atoms with E-state index < -0.39 is 19.7 Å². The number of fused-ring (bicyclic) bond motifs is 1. The first-order chi connectivity index (χ1) is 12.0. The molecule has 1 aliphatic heterocycles. The number of rotatable bonds is 4. The van der Waals surface area contributed by atoms with E-state index in [0.29, 0.717) is 23.4 Å². The number of anilines is 1. The average molecular weight is 379 g/mol. The number of nitrogens with two attached hydrogens (primary N) is 1. The molecule has 143 valence electrons. The molecule has 0 bridgehead atoms. The van der Waals surface area contributed by atoms with Gasteiger partial charge in [-0.2, -0.15) is 0 Å². The van der Waals surface area contributed by atoms with E-state index in [0.717, 1.165) is 0 Å². The van der Waals surface area contributed by atoms with Crippen molar-refractivity contribution in [1.29, 1.82) is 0 Å². The fourth-order valence-electron chi connectivity index (χ4n) is 3.50. The molecule has 0 amide bonds. The Labute approximate surface area is 155 Å². The maximum atomic E-state index is 10.1. The minimum atomic E-state index is -1.06. The molecular weight excluding hydrogens is 350 g/mol. The van der Waals surface area contributed by atoms with Crippen LogP contribution >= 0.6 is 0 Å². The minimum absolute atomic E-state index is 0.131. The molecule has 2 aromatic rings. The summed E-state index contributed by atoms with van der Waals surface area (Å²) in [6, 6.07) is 0. The van der Waals surface area contributed by atoms with E-state index in [4.69, 9.17) is 15.2 Å². The van der Waals surface area contributed by atoms with Crippen molar-refractivity contribution in [3.63, 3.8) is 0 Å². The van der Waals surface area contributed by atoms with Crippen molar-refractivity contribution >= 4 is 25.8 Å². The maximum Gasteiger partial charge on any atom is 0.167 e. The van der Waals surface area contributed by atoms with Gasteiger partial charge < -0.3 is 20.3 Å². The number of hydrogen-bond acceptors (Lipinski definition) is 7. The number of nitrogens with zero attached hydrogens (tertiary/aromatic N) is 4. The first-order valence-corrected chi connectivity index (χ1v) is 11.3. The van der Waals surface area contributed by atoms with Gasteiger partial charge in [0.05, 0.1) is 24.6 Å². The number of ether oxygens (including phenoxy) is 2. The van der Waals surface area contributed by atoms with Crippen molar-refractivity contribution in [1.82, 2.24) is 19.5 Å². The van der Waals surface area contributed by atoms with Gasteiger partial charge in [-0.05, 0) is 27.7 Å². The van der Waals surface area contributed by atoms with Gasteiger partial charge in [0.25, 0.3) is 0 Å². The van der Waals surface area contributed by atoms with Crippen molar-refractivity contribution in [3.05, 3.63) is 12.7 Å². The van der Waals surface area contributed by atoms with Gasteiger partial charge in [0, 0.05) is 6.42 Å². The van der Waals surface area contributed by atoms with Crippen LogP contribution in [0.25, 0.3) is 11.2 Å². The molecule has 0 aromatic carbocycles. The number of aliphatic hydroxyl groups excluding tert-OH is 1. The van der Waals surface area contributed by atoms with Crippen molar-refractivity contribution in [2.45, 2.75) is 69.9 Å². The molecule has 0 spiro atoms. The van der Waals surface area contributed by atoms with Crippen molar-refractivity contribution in [2.24, 2.45) is 0 Å². The Morgan fingerprint density at radius 1 is 1.38 bits per heavy atom. The summed E-state index contributed by atoms with van der Waals surface area (Å²) < 4.78 is 14.8. The van der Waals surface area contributed by atoms with Gasteiger partial charge in [-0.3, -0.25) is 4.57 Å². The quantitative estimate of drug-likeness (QED) is 0.780. The molecule has 8 nitrogen and oxygen atoms in total. The Kier molecular flexibility index (Phi) is 4.63. The van der Waals surface area contributed by atoms with Crippen LogP contribution in [0.5, 0.6) is 0 Å². The van der Waals surface area contributed by atoms with Gasteiger partial charge in [0.1, 0.15) is 31.6 Å². The summed E-state index contributed by atoms with van der Waals surface area (Å²) in [5.74, 6) is 0.343. The van der Waals surface area contributed by atoms with E-state index in [2.05, 4.69) is 28.0 Å². The van der Waals surface area contributed by atoms with E-state index in [1.807, 2.05) is 32.3 Å². The van der Waals surface area contributed by atoms with Crippen LogP contribution in [0.3, 0.4) is 0 Å². The zero-order valence-corrected chi connectivity index (χ0v) is 17.3. The van der Waals surface area contributed by atoms with Gasteiger partial charge in [-0.15, -0.1) is 0 Å². The highest BCUT2D eigenvalue weighted by atomic mass is 28.3. The third-order valence-corrected chi connectivity index (χ3v) is 7.00. The zero-order chi connectivity index (χ0) is 19.3. The molecule has 9 heteroatoms. The fourth-order valence-corrected chi connectivity index (χ4v) is 5.18. The van der Waals surface area contributed by atoms with E-state index in [-0.39, 0.29) is 18.3 Å². The topological polar surface area (TPSA) is 108 Å². The fraction of sp³-hybridized carbons (Fsp3) is 0.706. The predicted octanol–water partition coefficient (Wildman–Crippen LogP) is 1.71. The Hall–Kier alpha value is -1.55. The molecule has 3 atom stereocenters. The van der Waals surface area contributed by atoms with Crippen LogP contribution in [0.15, 0.2) is 12.7 Å². The summed E-state index contributed by atoms with van der Waals surface area (Å²) in [5, 5.41) is 9.44. The van der Waals surface area contributed by atoms with Crippen LogP contribution < -0.4 is 5.73 Å². The number of imidazole rings is 1. The van der Waals surface area contributed by atoms with Crippen LogP contribution in [-0.2, 0) is 14.8 Å². The Morgan fingerprint density at radius 2 is 2.08 bits per heavy atom. The van der Waals surface area contributed by atoms with Gasteiger partial charge in [0.2, 0.25) is 0 Å². The second kappa shape index (κ2) is 6.26. The monoisotopic (exact) mass is 378 g/mol. The lowest BCUT2D eigenvalue weighted by Crippen LogP contribution is -2.48. The molecule has 2 aromatic heterocycles. The molecular formula is C17H28N5O3Si. The lowest BCUT2D eigenvalue weighted by molar-refractivity contribution is -0.166. The molecule has 3 heterocycles. The summed E-state index contributed by atoms with van der Waals surface area (Å²) in [7, 11) is -1.06. The van der Waals surface area contributed by atoms with Crippen LogP contribution in [0, 0.1) is 0 Å². The number of hydrogen-bond donors (Lipinski definition) is 2. The molecule has 0 unspecified atom stereocenters. The normalized spacial score (nSPS) is 29.8. The number of nitrogen functional groups attached to an aromatic ring is 1. The van der Waals surface area contributed by atoms with E-state index in [9.17, 15) is 5.11 Å². The molecule has 0 saturated carbocycles. The highest BCUT2D eigenvalue weighted by Gasteiger charge is 2.58. The number of aromatic nitrogens is 4. The molecule has 1 fully saturated rings. The van der Waals surface area contributed by atoms with Gasteiger partial charge >= 0.3 is 0 Å². The molecule has 1 saturated heterocycles. The van der Waals surface area contributed by atoms with Crippen molar-refractivity contribution in [3.8, 4) is 0 Å². The molecule has 3 rings (SSSR count). The average Bonchev–Trinajstić information content (AvgIpc) is 3.08. The summed E-state index contributed by atoms with van der Waals surface area (Å²) in [5.41, 5.74) is 5.99. The molecule has 1 radical (unpaired) electrons. The van der Waals surface area contributed by atoms with Crippen molar-refractivity contribution < 1.29 is 14.6 Å². The maximum absolute atomic E-state index is 10.1. The third-order valence-electron chi connectivity index (χ3n) is 4.89. The Morgan fingerprint density at radius 3 is 2.65 bits per heavy atom. The highest BCUT2D eigenvalue weighted by molar-refractivity contribution is 6.58. The number of aliphatic hydroxyl groups is 1. The van der Waals surface area contributed by atoms with Gasteiger partial charge in [0.15, 0.2) is 11.5 Å². The first-order valence-electron chi connectivity index (χ1n) is 8.76. The predicted molar refractivity (Wildman–Crippen MR) is 101 cm³/mol. The van der Waals surface area contributed by atoms with Crippen LogP contribution in [0.1, 0.15) is 34.1 Å².